The minimum Gasteiger partial charge on any atom is -0.497 e. The summed E-state index contributed by atoms with van der Waals surface area (Å²) >= 11 is 0. The number of imidazole rings is 1. The van der Waals surface area contributed by atoms with Crippen molar-refractivity contribution < 1.29 is 9.53 Å². The van der Waals surface area contributed by atoms with Crippen LogP contribution in [0, 0.1) is 6.92 Å². The van der Waals surface area contributed by atoms with Gasteiger partial charge in [0.25, 0.3) is 5.91 Å². The number of hydrogen-bond acceptors (Lipinski definition) is 4. The molecule has 1 saturated heterocycles. The van der Waals surface area contributed by atoms with Crippen LogP contribution < -0.4 is 4.74 Å². The van der Waals surface area contributed by atoms with E-state index in [4.69, 9.17) is 4.74 Å². The summed E-state index contributed by atoms with van der Waals surface area (Å²) in [5.74, 6) is 1.96. The van der Waals surface area contributed by atoms with E-state index in [0.29, 0.717) is 0 Å². The van der Waals surface area contributed by atoms with E-state index in [1.165, 1.54) is 5.56 Å². The van der Waals surface area contributed by atoms with E-state index in [-0.39, 0.29) is 5.91 Å². The number of ether oxygens (including phenoxy) is 1. The van der Waals surface area contributed by atoms with Crippen molar-refractivity contribution in [2.24, 2.45) is 0 Å². The zero-order chi connectivity index (χ0) is 20.4. The summed E-state index contributed by atoms with van der Waals surface area (Å²) in [4.78, 5) is 22.0. The first-order chi connectivity index (χ1) is 14.1. The lowest BCUT2D eigenvalue weighted by Gasteiger charge is -2.34. The van der Waals surface area contributed by atoms with Crippen molar-refractivity contribution in [1.82, 2.24) is 19.4 Å². The van der Waals surface area contributed by atoms with Crippen LogP contribution in [0.1, 0.15) is 28.7 Å². The van der Waals surface area contributed by atoms with E-state index in [0.717, 1.165) is 67.4 Å². The summed E-state index contributed by atoms with van der Waals surface area (Å²) < 4.78 is 7.48. The topological polar surface area (TPSA) is 50.6 Å². The molecule has 2 heterocycles. The number of benzene rings is 2. The summed E-state index contributed by atoms with van der Waals surface area (Å²) in [7, 11) is 1.69. The zero-order valence-corrected chi connectivity index (χ0v) is 17.4. The number of fused-ring (bicyclic) bond motifs is 1. The fraction of sp³-hybridized carbons (Fsp3) is 0.391. The van der Waals surface area contributed by atoms with Crippen LogP contribution in [-0.2, 0) is 13.1 Å². The Hall–Kier alpha value is -2.86. The van der Waals surface area contributed by atoms with Gasteiger partial charge in [-0.3, -0.25) is 9.69 Å². The van der Waals surface area contributed by atoms with Crippen molar-refractivity contribution in [1.29, 1.82) is 0 Å². The Kier molecular flexibility index (Phi) is 5.53. The largest absolute Gasteiger partial charge is 0.497 e. The highest BCUT2D eigenvalue weighted by Crippen LogP contribution is 2.20. The van der Waals surface area contributed by atoms with Gasteiger partial charge in [-0.1, -0.05) is 12.1 Å². The summed E-state index contributed by atoms with van der Waals surface area (Å²) in [5, 5.41) is 0. The molecule has 6 nitrogen and oxygen atoms in total. The lowest BCUT2D eigenvalue weighted by molar-refractivity contribution is 0.0628. The van der Waals surface area contributed by atoms with E-state index < -0.39 is 0 Å². The Morgan fingerprint density at radius 2 is 1.90 bits per heavy atom. The fourth-order valence-corrected chi connectivity index (χ4v) is 4.10. The van der Waals surface area contributed by atoms with Crippen LogP contribution in [0.5, 0.6) is 5.75 Å². The minimum absolute atomic E-state index is 0.0941. The van der Waals surface area contributed by atoms with Crippen LogP contribution in [0.15, 0.2) is 42.5 Å². The van der Waals surface area contributed by atoms with Crippen molar-refractivity contribution in [2.45, 2.75) is 26.9 Å². The third-order valence-electron chi connectivity index (χ3n) is 5.70. The van der Waals surface area contributed by atoms with Crippen LogP contribution >= 0.6 is 0 Å². The predicted molar refractivity (Wildman–Crippen MR) is 114 cm³/mol. The molecule has 0 atom stereocenters. The molecule has 2 aromatic carbocycles. The number of aromatic nitrogens is 2. The van der Waals surface area contributed by atoms with Crippen molar-refractivity contribution in [2.75, 3.05) is 33.3 Å². The second-order valence-electron chi connectivity index (χ2n) is 7.53. The molecule has 1 fully saturated rings. The SMILES string of the molecule is CCn1c(C)nc2cc(C(=O)N3CCN(Cc4cccc(OC)c4)CC3)ccc21. The Balaban J connectivity index is 1.40. The highest BCUT2D eigenvalue weighted by Gasteiger charge is 2.23. The maximum Gasteiger partial charge on any atom is 0.254 e. The summed E-state index contributed by atoms with van der Waals surface area (Å²) in [5.41, 5.74) is 3.94. The summed E-state index contributed by atoms with van der Waals surface area (Å²) in [6.07, 6.45) is 0. The van der Waals surface area contributed by atoms with Gasteiger partial charge >= 0.3 is 0 Å². The van der Waals surface area contributed by atoms with Crippen LogP contribution in [0.2, 0.25) is 0 Å². The molecule has 0 aliphatic carbocycles. The summed E-state index contributed by atoms with van der Waals surface area (Å²) in [6.45, 7) is 9.09. The standard InChI is InChI=1S/C23H28N4O2/c1-4-27-17(2)24-21-15-19(8-9-22(21)27)23(28)26-12-10-25(11-13-26)16-18-6-5-7-20(14-18)29-3/h5-9,14-15H,4,10-13,16H2,1-3H3. The molecule has 0 spiro atoms. The molecule has 1 aromatic heterocycles. The normalized spacial score (nSPS) is 15.1. The van der Waals surface area contributed by atoms with Gasteiger partial charge in [0.05, 0.1) is 18.1 Å². The quantitative estimate of drug-likeness (QED) is 0.668. The highest BCUT2D eigenvalue weighted by atomic mass is 16.5. The first-order valence-electron chi connectivity index (χ1n) is 10.2. The third-order valence-corrected chi connectivity index (χ3v) is 5.70. The van der Waals surface area contributed by atoms with Crippen molar-refractivity contribution in [3.8, 4) is 5.75 Å². The highest BCUT2D eigenvalue weighted by molar-refractivity contribution is 5.97. The lowest BCUT2D eigenvalue weighted by Crippen LogP contribution is -2.48. The Labute approximate surface area is 171 Å². The maximum absolute atomic E-state index is 13.0. The number of carbonyl (C=O) groups excluding carboxylic acids is 1. The van der Waals surface area contributed by atoms with Gasteiger partial charge < -0.3 is 14.2 Å². The molecule has 29 heavy (non-hydrogen) atoms. The zero-order valence-electron chi connectivity index (χ0n) is 17.4. The first kappa shape index (κ1) is 19.5. The molecule has 0 saturated carbocycles. The van der Waals surface area contributed by atoms with Crippen LogP contribution in [-0.4, -0.2) is 58.5 Å². The van der Waals surface area contributed by atoms with E-state index in [9.17, 15) is 4.79 Å². The molecule has 0 unspecified atom stereocenters. The first-order valence-corrected chi connectivity index (χ1v) is 10.2. The molecule has 1 amide bonds. The molecular formula is C23H28N4O2. The Bertz CT molecular complexity index is 1020. The van der Waals surface area contributed by atoms with Gasteiger partial charge in [-0.15, -0.1) is 0 Å². The minimum atomic E-state index is 0.0941. The fourth-order valence-electron chi connectivity index (χ4n) is 4.10. The van der Waals surface area contributed by atoms with Gasteiger partial charge in [0.2, 0.25) is 0 Å². The monoisotopic (exact) mass is 392 g/mol. The van der Waals surface area contributed by atoms with Crippen molar-refractivity contribution in [3.05, 3.63) is 59.4 Å². The molecule has 6 heteroatoms. The number of methoxy groups -OCH3 is 1. The molecule has 0 N–H and O–H groups in total. The van der Waals surface area contributed by atoms with Crippen molar-refractivity contribution >= 4 is 16.9 Å². The van der Waals surface area contributed by atoms with E-state index >= 15 is 0 Å². The number of aryl methyl sites for hydroxylation is 2. The van der Waals surface area contributed by atoms with Gasteiger partial charge in [-0.05, 0) is 49.7 Å². The van der Waals surface area contributed by atoms with Gasteiger partial charge in [-0.25, -0.2) is 4.98 Å². The second kappa shape index (κ2) is 8.25. The molecule has 152 valence electrons. The Morgan fingerprint density at radius 3 is 2.62 bits per heavy atom. The van der Waals surface area contributed by atoms with Gasteiger partial charge in [-0.2, -0.15) is 0 Å². The predicted octanol–water partition coefficient (Wildman–Crippen LogP) is 3.33. The Morgan fingerprint density at radius 1 is 1.10 bits per heavy atom. The lowest BCUT2D eigenvalue weighted by atomic mass is 10.1. The van der Waals surface area contributed by atoms with E-state index in [1.807, 2.05) is 42.2 Å². The molecule has 1 aliphatic rings. The van der Waals surface area contributed by atoms with Gasteiger partial charge in [0, 0.05) is 44.8 Å². The van der Waals surface area contributed by atoms with Gasteiger partial charge in [0.1, 0.15) is 11.6 Å². The smallest absolute Gasteiger partial charge is 0.254 e. The van der Waals surface area contributed by atoms with Crippen LogP contribution in [0.4, 0.5) is 0 Å². The average molecular weight is 393 g/mol. The van der Waals surface area contributed by atoms with Crippen molar-refractivity contribution in [3.63, 3.8) is 0 Å². The number of nitrogens with zero attached hydrogens (tertiary/aromatic N) is 4. The van der Waals surface area contributed by atoms with Crippen LogP contribution in [0.25, 0.3) is 11.0 Å². The van der Waals surface area contributed by atoms with Crippen LogP contribution in [0.3, 0.4) is 0 Å². The average Bonchev–Trinajstić information content (AvgIpc) is 3.08. The van der Waals surface area contributed by atoms with E-state index in [2.05, 4.69) is 33.5 Å². The van der Waals surface area contributed by atoms with E-state index in [1.54, 1.807) is 7.11 Å². The number of piperazine rings is 1. The maximum atomic E-state index is 13.0. The molecular weight excluding hydrogens is 364 g/mol. The molecule has 4 rings (SSSR count). The molecule has 0 bridgehead atoms. The second-order valence-corrected chi connectivity index (χ2v) is 7.53. The molecule has 3 aromatic rings. The molecule has 1 aliphatic heterocycles. The van der Waals surface area contributed by atoms with Gasteiger partial charge in [0.15, 0.2) is 0 Å². The number of carbonyl (C=O) groups is 1. The third kappa shape index (κ3) is 3.98. The summed E-state index contributed by atoms with van der Waals surface area (Å²) in [6, 6.07) is 14.1. The number of amides is 1. The number of rotatable bonds is 5. The molecule has 0 radical (unpaired) electrons. The number of hydrogen-bond donors (Lipinski definition) is 0.